The molecule has 0 aliphatic rings. The van der Waals surface area contributed by atoms with E-state index in [2.05, 4.69) is 0 Å². The van der Waals surface area contributed by atoms with Gasteiger partial charge in [0.25, 0.3) is 0 Å². The molecule has 4 heavy (non-hydrogen) atoms. The van der Waals surface area contributed by atoms with Crippen molar-refractivity contribution in [3.8, 4) is 0 Å². The second kappa shape index (κ2) is 10.3. The van der Waals surface area contributed by atoms with Crippen LogP contribution in [0.3, 0.4) is 0 Å². The Hall–Kier alpha value is 0.310. The molecule has 0 aliphatic carbocycles. The summed E-state index contributed by atoms with van der Waals surface area (Å²) in [6.07, 6.45) is 0. The van der Waals surface area contributed by atoms with E-state index < -0.39 is 0 Å². The molecule has 0 spiro atoms. The Bertz CT molecular complexity index is 24.3. The van der Waals surface area contributed by atoms with Gasteiger partial charge in [-0.05, 0) is 10.4 Å². The number of nitrogens with zero attached hydrogens (tertiary/aromatic N) is 2. The zero-order valence-electron chi connectivity index (χ0n) is 2.39. The zero-order valence-corrected chi connectivity index (χ0v) is 4.39. The first-order valence-electron chi connectivity index (χ1n) is 0.424. The number of hydrogen-bond acceptors (Lipinski definition) is 1. The van der Waals surface area contributed by atoms with Crippen LogP contribution in [0.25, 0.3) is 10.4 Å². The van der Waals surface area contributed by atoms with E-state index in [4.69, 9.17) is 11.1 Å². The summed E-state index contributed by atoms with van der Waals surface area (Å²) in [7, 11) is 0. The zero-order chi connectivity index (χ0) is 2.71. The van der Waals surface area contributed by atoms with E-state index >= 15 is 0 Å². The maximum Gasteiger partial charge on any atom is 0 e. The Balaban J connectivity index is 0. The largest absolute Gasteiger partial charge is 0.108 e. The van der Waals surface area contributed by atoms with Crippen molar-refractivity contribution >= 4 is 29.6 Å². The fraction of sp³-hybridized carbons (Fsp3) is 0. The Labute approximate surface area is 45.7 Å². The minimum atomic E-state index is 0. The first-order chi connectivity index (χ1) is 1.41. The maximum absolute atomic E-state index is 6.86. The smallest absolute Gasteiger partial charge is 0 e. The third-order valence-electron chi connectivity index (χ3n) is 0. The molecule has 0 aromatic carbocycles. The van der Waals surface area contributed by atoms with Crippen LogP contribution in [-0.2, 0) is 0 Å². The van der Waals surface area contributed by atoms with Crippen LogP contribution in [0.1, 0.15) is 0 Å². The van der Waals surface area contributed by atoms with E-state index in [0.29, 0.717) is 0 Å². The first-order valence-corrected chi connectivity index (χ1v) is 0.424. The van der Waals surface area contributed by atoms with Gasteiger partial charge in [-0.15, -0.1) is 5.53 Å². The second-order valence-corrected chi connectivity index (χ2v) is 0.100. The van der Waals surface area contributed by atoms with Gasteiger partial charge in [-0.1, -0.05) is 0 Å². The molecule has 4 heteroatoms. The Morgan fingerprint density at radius 3 is 1.75 bits per heavy atom. The molecule has 1 N–H and O–H groups in total. The maximum atomic E-state index is 6.86. The molecule has 0 aromatic heterocycles. The summed E-state index contributed by atoms with van der Waals surface area (Å²) in [4.78, 5) is 1.75. The molecule has 0 aromatic rings. The van der Waals surface area contributed by atoms with E-state index in [9.17, 15) is 0 Å². The first kappa shape index (κ1) is 8.85. The summed E-state index contributed by atoms with van der Waals surface area (Å²) in [6.45, 7) is 0. The van der Waals surface area contributed by atoms with Crippen molar-refractivity contribution in [3.63, 3.8) is 0 Å². The van der Waals surface area contributed by atoms with E-state index in [1.165, 1.54) is 0 Å². The summed E-state index contributed by atoms with van der Waals surface area (Å²) in [5, 5.41) is 0. The van der Waals surface area contributed by atoms with Crippen molar-refractivity contribution in [1.29, 1.82) is 5.53 Å². The molecule has 3 nitrogen and oxygen atoms in total. The van der Waals surface area contributed by atoms with Crippen molar-refractivity contribution in [1.82, 2.24) is 0 Å². The van der Waals surface area contributed by atoms with Crippen molar-refractivity contribution in [3.05, 3.63) is 10.4 Å². The SMILES string of the molecule is [N-]=[N+]=N.[Na]. The summed E-state index contributed by atoms with van der Waals surface area (Å²) in [6, 6.07) is 0. The van der Waals surface area contributed by atoms with Crippen LogP contribution in [0.5, 0.6) is 0 Å². The van der Waals surface area contributed by atoms with Gasteiger partial charge in [0.2, 0.25) is 0 Å². The van der Waals surface area contributed by atoms with Crippen LogP contribution < -0.4 is 0 Å². The molecule has 0 saturated carbocycles. The minimum absolute atomic E-state index is 0. The molecule has 17 valence electrons. The summed E-state index contributed by atoms with van der Waals surface area (Å²) >= 11 is 0. The summed E-state index contributed by atoms with van der Waals surface area (Å²) in [5.74, 6) is 0. The Morgan fingerprint density at radius 2 is 1.75 bits per heavy atom. The third kappa shape index (κ3) is 41.3. The Kier molecular flexibility index (Phi) is 22.8. The van der Waals surface area contributed by atoms with E-state index in [1.54, 1.807) is 4.91 Å². The topological polar surface area (TPSA) is 60.3 Å². The average molecular weight is 66.0 g/mol. The fourth-order valence-electron chi connectivity index (χ4n) is 0. The normalized spacial score (nSPS) is 2.00. The van der Waals surface area contributed by atoms with Crippen molar-refractivity contribution in [2.45, 2.75) is 0 Å². The molecule has 0 heterocycles. The van der Waals surface area contributed by atoms with Crippen molar-refractivity contribution in [2.24, 2.45) is 0 Å². The van der Waals surface area contributed by atoms with Crippen molar-refractivity contribution < 1.29 is 0 Å². The third-order valence-corrected chi connectivity index (χ3v) is 0. The number of nitrogens with one attached hydrogen (secondary N) is 1. The van der Waals surface area contributed by atoms with Crippen LogP contribution in [0.2, 0.25) is 0 Å². The van der Waals surface area contributed by atoms with Gasteiger partial charge < -0.3 is 0 Å². The molecular weight excluding hydrogens is 65.0 g/mol. The molecule has 0 aliphatic heterocycles. The molecule has 0 unspecified atom stereocenters. The minimum Gasteiger partial charge on any atom is -0.108 e. The monoisotopic (exact) mass is 66.0 g/mol. The van der Waals surface area contributed by atoms with E-state index in [-0.39, 0.29) is 29.6 Å². The summed E-state index contributed by atoms with van der Waals surface area (Å²) in [5.41, 5.74) is 12.2. The average Bonchev–Trinajstić information content (AvgIpc) is 0.918. The summed E-state index contributed by atoms with van der Waals surface area (Å²) < 4.78 is 0. The van der Waals surface area contributed by atoms with Gasteiger partial charge in [0, 0.05) is 29.6 Å². The van der Waals surface area contributed by atoms with Crippen LogP contribution in [-0.4, -0.2) is 29.6 Å². The van der Waals surface area contributed by atoms with Gasteiger partial charge in [-0.25, -0.2) is 0 Å². The molecule has 0 bridgehead atoms. The molecule has 1 radical (unpaired) electrons. The number of hydrogen-bond donors (Lipinski definition) is 1. The quantitative estimate of drug-likeness (QED) is 0.185. The fourth-order valence-corrected chi connectivity index (χ4v) is 0. The van der Waals surface area contributed by atoms with Crippen LogP contribution in [0, 0.1) is 5.53 Å². The van der Waals surface area contributed by atoms with Crippen molar-refractivity contribution in [2.75, 3.05) is 0 Å². The van der Waals surface area contributed by atoms with Gasteiger partial charge in [-0.2, -0.15) is 0 Å². The van der Waals surface area contributed by atoms with E-state index in [1.807, 2.05) is 0 Å². The second-order valence-electron chi connectivity index (χ2n) is 0.100. The predicted molar refractivity (Wildman–Crippen MR) is 15.2 cm³/mol. The van der Waals surface area contributed by atoms with Crippen LogP contribution in [0.4, 0.5) is 0 Å². The molecule has 0 saturated heterocycles. The standard InChI is InChI=1S/HN3.Na/c1-3-2;/h1H;. The Morgan fingerprint density at radius 1 is 1.75 bits per heavy atom. The van der Waals surface area contributed by atoms with E-state index in [0.717, 1.165) is 0 Å². The molecule has 0 atom stereocenters. The molecular formula is HN3Na. The van der Waals surface area contributed by atoms with Gasteiger partial charge in [0.05, 0.1) is 0 Å². The molecule has 0 fully saturated rings. The molecule has 0 rings (SSSR count). The van der Waals surface area contributed by atoms with Gasteiger partial charge >= 0.3 is 0 Å². The molecule has 0 amide bonds. The van der Waals surface area contributed by atoms with Crippen LogP contribution >= 0.6 is 0 Å². The van der Waals surface area contributed by atoms with Gasteiger partial charge in [0.1, 0.15) is 0 Å². The van der Waals surface area contributed by atoms with Crippen LogP contribution in [0.15, 0.2) is 0 Å². The van der Waals surface area contributed by atoms with Gasteiger partial charge in [0.15, 0.2) is 0 Å². The van der Waals surface area contributed by atoms with Gasteiger partial charge in [-0.3, -0.25) is 0 Å². The predicted octanol–water partition coefficient (Wildman–Crippen LogP) is 0.495. The number of rotatable bonds is 0.